The van der Waals surface area contributed by atoms with Gasteiger partial charge in [0.05, 0.1) is 0 Å². The third kappa shape index (κ3) is 1.90. The molecule has 0 heterocycles. The molecule has 0 saturated heterocycles. The number of rotatable bonds is 1. The highest BCUT2D eigenvalue weighted by Gasteiger charge is 2.71. The van der Waals surface area contributed by atoms with Crippen molar-refractivity contribution in [1.29, 1.82) is 0 Å². The van der Waals surface area contributed by atoms with Gasteiger partial charge in [-0.15, -0.1) is 0 Å². The molecule has 1 nitrogen and oxygen atoms in total. The van der Waals surface area contributed by atoms with Crippen LogP contribution < -0.4 is 0 Å². The standard InChI is InChI=1S/C3HClF6O/c4-2(7,11)1(5,6)3(8,9)10/h11H. The van der Waals surface area contributed by atoms with Gasteiger partial charge in [0.1, 0.15) is 0 Å². The molecule has 8 heteroatoms. The first-order chi connectivity index (χ1) is 4.50. The van der Waals surface area contributed by atoms with Crippen LogP contribution in [0.25, 0.3) is 0 Å². The number of hydrogen-bond donors (Lipinski definition) is 1. The van der Waals surface area contributed by atoms with Gasteiger partial charge in [0.15, 0.2) is 0 Å². The summed E-state index contributed by atoms with van der Waals surface area (Å²) < 4.78 is 67.9. The average molecular weight is 202 g/mol. The molecule has 0 aromatic rings. The molecule has 0 radical (unpaired) electrons. The average Bonchev–Trinajstić information content (AvgIpc) is 1.58. The molecule has 0 saturated carbocycles. The maximum Gasteiger partial charge on any atom is 0.461 e. The van der Waals surface area contributed by atoms with Crippen LogP contribution in [0.1, 0.15) is 0 Å². The summed E-state index contributed by atoms with van der Waals surface area (Å²) in [7, 11) is 0. The summed E-state index contributed by atoms with van der Waals surface area (Å²) in [4.78, 5) is 0. The third-order valence-electron chi connectivity index (χ3n) is 0.734. The second-order valence-corrected chi connectivity index (χ2v) is 2.11. The van der Waals surface area contributed by atoms with Gasteiger partial charge in [-0.3, -0.25) is 0 Å². The topological polar surface area (TPSA) is 20.2 Å². The third-order valence-corrected chi connectivity index (χ3v) is 0.971. The number of alkyl halides is 7. The van der Waals surface area contributed by atoms with Gasteiger partial charge in [-0.2, -0.15) is 26.3 Å². The Morgan fingerprint density at radius 2 is 1.18 bits per heavy atom. The maximum absolute atomic E-state index is 11.6. The Kier molecular flexibility index (Phi) is 2.37. The van der Waals surface area contributed by atoms with E-state index in [-0.39, 0.29) is 0 Å². The smallest absolute Gasteiger partial charge is 0.345 e. The summed E-state index contributed by atoms with van der Waals surface area (Å²) >= 11 is 3.73. The van der Waals surface area contributed by atoms with Crippen molar-refractivity contribution in [2.24, 2.45) is 0 Å². The Hall–Kier alpha value is -0.170. The highest BCUT2D eigenvalue weighted by Crippen LogP contribution is 2.45. The molecule has 0 spiro atoms. The van der Waals surface area contributed by atoms with Gasteiger partial charge >= 0.3 is 17.4 Å². The molecule has 0 aromatic heterocycles. The Morgan fingerprint density at radius 1 is 0.909 bits per heavy atom. The van der Waals surface area contributed by atoms with Gasteiger partial charge < -0.3 is 5.11 Å². The zero-order valence-corrected chi connectivity index (χ0v) is 5.35. The van der Waals surface area contributed by atoms with Crippen LogP contribution in [0.15, 0.2) is 0 Å². The predicted octanol–water partition coefficient (Wildman–Crippen LogP) is 2.04. The zero-order chi connectivity index (χ0) is 9.50. The highest BCUT2D eigenvalue weighted by molar-refractivity contribution is 6.22. The summed E-state index contributed by atoms with van der Waals surface area (Å²) in [6.07, 6.45) is -6.21. The molecule has 0 bridgehead atoms. The lowest BCUT2D eigenvalue weighted by atomic mass is 10.3. The molecule has 0 aromatic carbocycles. The number of halogens is 7. The van der Waals surface area contributed by atoms with Crippen molar-refractivity contribution in [3.8, 4) is 0 Å². The molecule has 68 valence electrons. The van der Waals surface area contributed by atoms with Crippen molar-refractivity contribution in [1.82, 2.24) is 0 Å². The van der Waals surface area contributed by atoms with E-state index in [0.29, 0.717) is 0 Å². The first-order valence-corrected chi connectivity index (χ1v) is 2.42. The van der Waals surface area contributed by atoms with E-state index in [0.717, 1.165) is 0 Å². The van der Waals surface area contributed by atoms with Gasteiger partial charge in [-0.25, -0.2) is 0 Å². The van der Waals surface area contributed by atoms with Crippen LogP contribution in [0.3, 0.4) is 0 Å². The molecule has 1 N–H and O–H groups in total. The lowest BCUT2D eigenvalue weighted by Crippen LogP contribution is -2.51. The largest absolute Gasteiger partial charge is 0.461 e. The summed E-state index contributed by atoms with van der Waals surface area (Å²) in [6, 6.07) is 0. The van der Waals surface area contributed by atoms with Crippen molar-refractivity contribution in [2.45, 2.75) is 17.4 Å². The van der Waals surface area contributed by atoms with E-state index in [2.05, 4.69) is 11.6 Å². The van der Waals surface area contributed by atoms with Crippen LogP contribution in [0.5, 0.6) is 0 Å². The van der Waals surface area contributed by atoms with E-state index >= 15 is 0 Å². The second-order valence-electron chi connectivity index (χ2n) is 1.61. The van der Waals surface area contributed by atoms with E-state index in [4.69, 9.17) is 5.11 Å². The fraction of sp³-hybridized carbons (Fsp3) is 1.00. The summed E-state index contributed by atoms with van der Waals surface area (Å²) in [5, 5.41) is 2.40. The van der Waals surface area contributed by atoms with Crippen LogP contribution in [-0.2, 0) is 0 Å². The van der Waals surface area contributed by atoms with E-state index in [1.165, 1.54) is 0 Å². The van der Waals surface area contributed by atoms with Crippen molar-refractivity contribution < 1.29 is 31.4 Å². The van der Waals surface area contributed by atoms with E-state index < -0.39 is 17.4 Å². The summed E-state index contributed by atoms with van der Waals surface area (Å²) in [5.74, 6) is -5.97. The maximum atomic E-state index is 11.6. The Morgan fingerprint density at radius 3 is 1.18 bits per heavy atom. The summed E-state index contributed by atoms with van der Waals surface area (Å²) in [5.41, 5.74) is 0. The fourth-order valence-electron chi connectivity index (χ4n) is 0.171. The monoisotopic (exact) mass is 202 g/mol. The minimum absolute atomic E-state index is 3.73. The summed E-state index contributed by atoms with van der Waals surface area (Å²) in [6.45, 7) is 0. The zero-order valence-electron chi connectivity index (χ0n) is 4.59. The minimum atomic E-state index is -6.21. The van der Waals surface area contributed by atoms with E-state index in [1.54, 1.807) is 0 Å². The molecular formula is C3HClF6O. The van der Waals surface area contributed by atoms with Gasteiger partial charge in [-0.1, -0.05) is 0 Å². The molecular weight excluding hydrogens is 201 g/mol. The molecule has 1 unspecified atom stereocenters. The minimum Gasteiger partial charge on any atom is -0.345 e. The first kappa shape index (κ1) is 10.8. The number of aliphatic hydroxyl groups is 1. The van der Waals surface area contributed by atoms with Gasteiger partial charge in [-0.05, 0) is 11.6 Å². The van der Waals surface area contributed by atoms with Gasteiger partial charge in [0.2, 0.25) is 0 Å². The molecule has 1 atom stereocenters. The SMILES string of the molecule is OC(F)(Cl)C(F)(F)C(F)(F)F. The molecule has 0 rings (SSSR count). The van der Waals surface area contributed by atoms with Crippen LogP contribution in [0.2, 0.25) is 0 Å². The van der Waals surface area contributed by atoms with Crippen LogP contribution in [-0.4, -0.2) is 22.5 Å². The van der Waals surface area contributed by atoms with Crippen molar-refractivity contribution in [2.75, 3.05) is 0 Å². The molecule has 0 aliphatic carbocycles. The van der Waals surface area contributed by atoms with Crippen molar-refractivity contribution in [3.63, 3.8) is 0 Å². The quantitative estimate of drug-likeness (QED) is 0.510. The first-order valence-electron chi connectivity index (χ1n) is 2.05. The van der Waals surface area contributed by atoms with E-state index in [1.807, 2.05) is 0 Å². The predicted molar refractivity (Wildman–Crippen MR) is 22.9 cm³/mol. The fourth-order valence-corrected chi connectivity index (χ4v) is 0.278. The Labute approximate surface area is 61.6 Å². The highest BCUT2D eigenvalue weighted by atomic mass is 35.5. The van der Waals surface area contributed by atoms with Gasteiger partial charge in [0.25, 0.3) is 0 Å². The lowest BCUT2D eigenvalue weighted by Gasteiger charge is -2.24. The second kappa shape index (κ2) is 2.41. The molecule has 11 heavy (non-hydrogen) atoms. The van der Waals surface area contributed by atoms with Crippen LogP contribution >= 0.6 is 11.6 Å². The molecule has 0 amide bonds. The van der Waals surface area contributed by atoms with E-state index in [9.17, 15) is 26.3 Å². The molecule has 0 aliphatic rings. The number of hydrogen-bond acceptors (Lipinski definition) is 1. The van der Waals surface area contributed by atoms with Gasteiger partial charge in [0, 0.05) is 0 Å². The Balaban J connectivity index is 4.75. The van der Waals surface area contributed by atoms with Crippen molar-refractivity contribution in [3.05, 3.63) is 0 Å². The van der Waals surface area contributed by atoms with Crippen molar-refractivity contribution >= 4 is 11.6 Å². The lowest BCUT2D eigenvalue weighted by molar-refractivity contribution is -0.347. The van der Waals surface area contributed by atoms with Crippen LogP contribution in [0, 0.1) is 0 Å². The normalized spacial score (nSPS) is 19.6. The van der Waals surface area contributed by atoms with Crippen LogP contribution in [0.4, 0.5) is 26.3 Å². The molecule has 0 aliphatic heterocycles. The Bertz CT molecular complexity index is 129. The molecule has 0 fully saturated rings.